The van der Waals surface area contributed by atoms with Crippen LogP contribution in [-0.4, -0.2) is 42.5 Å². The van der Waals surface area contributed by atoms with Gasteiger partial charge in [0, 0.05) is 26.7 Å². The number of aromatic nitrogens is 1. The minimum atomic E-state index is -0.291. The van der Waals surface area contributed by atoms with Crippen molar-refractivity contribution in [3.05, 3.63) is 51.2 Å². The maximum atomic E-state index is 13.6. The molecule has 1 fully saturated rings. The molecule has 2 atom stereocenters. The summed E-state index contributed by atoms with van der Waals surface area (Å²) in [6, 6.07) is 6.26. The van der Waals surface area contributed by atoms with Crippen LogP contribution in [0.4, 0.5) is 4.39 Å². The zero-order chi connectivity index (χ0) is 18.0. The van der Waals surface area contributed by atoms with Crippen LogP contribution in [0.15, 0.2) is 24.3 Å². The summed E-state index contributed by atoms with van der Waals surface area (Å²) in [6.45, 7) is 5.65. The van der Waals surface area contributed by atoms with Gasteiger partial charge in [0.05, 0.1) is 11.7 Å². The number of rotatable bonds is 4. The van der Waals surface area contributed by atoms with E-state index >= 15 is 0 Å². The highest BCUT2D eigenvalue weighted by molar-refractivity contribution is 7.13. The molecular formula is C18H22FN3O2S. The fourth-order valence-corrected chi connectivity index (χ4v) is 4.03. The third-order valence-corrected chi connectivity index (χ3v) is 5.75. The van der Waals surface area contributed by atoms with Gasteiger partial charge in [-0.2, -0.15) is 0 Å². The van der Waals surface area contributed by atoms with E-state index in [4.69, 9.17) is 4.74 Å². The minimum absolute atomic E-state index is 0.0553. The van der Waals surface area contributed by atoms with Gasteiger partial charge in [0.25, 0.3) is 5.91 Å². The zero-order valence-electron chi connectivity index (χ0n) is 14.6. The number of aryl methyl sites for hydroxylation is 1. The average Bonchev–Trinajstić information content (AvgIpc) is 3.02. The van der Waals surface area contributed by atoms with Crippen LogP contribution in [0.1, 0.15) is 45.0 Å². The quantitative estimate of drug-likeness (QED) is 0.907. The molecule has 0 saturated carbocycles. The molecule has 2 heterocycles. The van der Waals surface area contributed by atoms with Gasteiger partial charge < -0.3 is 15.0 Å². The van der Waals surface area contributed by atoms with E-state index in [1.165, 1.54) is 23.5 Å². The summed E-state index contributed by atoms with van der Waals surface area (Å²) >= 11 is 1.37. The highest BCUT2D eigenvalue weighted by atomic mass is 32.1. The molecule has 0 spiro atoms. The summed E-state index contributed by atoms with van der Waals surface area (Å²) in [4.78, 5) is 20.1. The van der Waals surface area contributed by atoms with Crippen LogP contribution in [0.25, 0.3) is 0 Å². The van der Waals surface area contributed by atoms with Crippen LogP contribution in [0.2, 0.25) is 0 Å². The first-order chi connectivity index (χ1) is 12.0. The summed E-state index contributed by atoms with van der Waals surface area (Å²) in [5.74, 6) is -0.346. The lowest BCUT2D eigenvalue weighted by Crippen LogP contribution is -2.48. The van der Waals surface area contributed by atoms with Crippen LogP contribution < -0.4 is 5.32 Å². The summed E-state index contributed by atoms with van der Waals surface area (Å²) < 4.78 is 18.9. The number of hydrogen-bond donors (Lipinski definition) is 1. The Kier molecular flexibility index (Phi) is 5.46. The molecule has 2 unspecified atom stereocenters. The molecule has 1 aromatic carbocycles. The highest BCUT2D eigenvalue weighted by Crippen LogP contribution is 2.30. The number of hydrogen-bond acceptors (Lipinski definition) is 5. The number of thiazole rings is 1. The molecule has 0 bridgehead atoms. The molecule has 5 nitrogen and oxygen atoms in total. The predicted octanol–water partition coefficient (Wildman–Crippen LogP) is 3.08. The van der Waals surface area contributed by atoms with Crippen LogP contribution in [-0.2, 0) is 4.74 Å². The number of piperazine rings is 1. The highest BCUT2D eigenvalue weighted by Gasteiger charge is 2.31. The Hall–Kier alpha value is -1.83. The first kappa shape index (κ1) is 18.0. The SMILES string of the molecule is COC(C)c1nc(C)c(C(=O)N2CCNCC2c2cccc(F)c2)s1. The van der Waals surface area contributed by atoms with Crippen LogP contribution >= 0.6 is 11.3 Å². The normalized spacial score (nSPS) is 19.0. The molecule has 1 amide bonds. The van der Waals surface area contributed by atoms with Crippen molar-refractivity contribution < 1.29 is 13.9 Å². The molecule has 1 N–H and O–H groups in total. The second kappa shape index (κ2) is 7.59. The van der Waals surface area contributed by atoms with Crippen molar-refractivity contribution in [1.29, 1.82) is 0 Å². The monoisotopic (exact) mass is 363 g/mol. The van der Waals surface area contributed by atoms with Crippen LogP contribution in [0, 0.1) is 12.7 Å². The molecular weight excluding hydrogens is 341 g/mol. The zero-order valence-corrected chi connectivity index (χ0v) is 15.4. The van der Waals surface area contributed by atoms with E-state index in [9.17, 15) is 9.18 Å². The van der Waals surface area contributed by atoms with Crippen LogP contribution in [0.5, 0.6) is 0 Å². The van der Waals surface area contributed by atoms with Gasteiger partial charge in [-0.15, -0.1) is 11.3 Å². The van der Waals surface area contributed by atoms with Gasteiger partial charge in [0.15, 0.2) is 0 Å². The van der Waals surface area contributed by atoms with Crippen molar-refractivity contribution in [3.8, 4) is 0 Å². The summed E-state index contributed by atoms with van der Waals surface area (Å²) in [5.41, 5.74) is 1.51. The molecule has 134 valence electrons. The molecule has 1 aliphatic rings. The van der Waals surface area contributed by atoms with Gasteiger partial charge in [-0.05, 0) is 31.5 Å². The molecule has 1 aliphatic heterocycles. The lowest BCUT2D eigenvalue weighted by Gasteiger charge is -2.36. The average molecular weight is 363 g/mol. The second-order valence-electron chi connectivity index (χ2n) is 6.12. The maximum Gasteiger partial charge on any atom is 0.266 e. The number of halogens is 1. The topological polar surface area (TPSA) is 54.5 Å². The summed E-state index contributed by atoms with van der Waals surface area (Å²) in [7, 11) is 1.62. The molecule has 3 rings (SSSR count). The molecule has 0 radical (unpaired) electrons. The second-order valence-corrected chi connectivity index (χ2v) is 7.15. The van der Waals surface area contributed by atoms with E-state index < -0.39 is 0 Å². The van der Waals surface area contributed by atoms with E-state index in [-0.39, 0.29) is 23.9 Å². The standard InChI is InChI=1S/C18H22FN3O2S/c1-11-16(25-17(21-11)12(2)24-3)18(23)22-8-7-20-10-15(22)13-5-4-6-14(19)9-13/h4-6,9,12,15,20H,7-8,10H2,1-3H3. The number of nitrogens with one attached hydrogen (secondary N) is 1. The minimum Gasteiger partial charge on any atom is -0.375 e. The Bertz CT molecular complexity index is 765. The van der Waals surface area contributed by atoms with Crippen molar-refractivity contribution in [3.63, 3.8) is 0 Å². The van der Waals surface area contributed by atoms with Crippen molar-refractivity contribution in [2.45, 2.75) is 26.0 Å². The van der Waals surface area contributed by atoms with Crippen molar-refractivity contribution in [1.82, 2.24) is 15.2 Å². The first-order valence-electron chi connectivity index (χ1n) is 8.28. The van der Waals surface area contributed by atoms with E-state index in [1.807, 2.05) is 24.8 Å². The van der Waals surface area contributed by atoms with Crippen LogP contribution in [0.3, 0.4) is 0 Å². The van der Waals surface area contributed by atoms with Crippen molar-refractivity contribution >= 4 is 17.2 Å². The fourth-order valence-electron chi connectivity index (χ4n) is 2.98. The van der Waals surface area contributed by atoms with Gasteiger partial charge in [0.2, 0.25) is 0 Å². The van der Waals surface area contributed by atoms with E-state index in [0.717, 1.165) is 17.1 Å². The largest absolute Gasteiger partial charge is 0.375 e. The Morgan fingerprint density at radius 1 is 1.52 bits per heavy atom. The van der Waals surface area contributed by atoms with Gasteiger partial charge in [-0.3, -0.25) is 4.79 Å². The van der Waals surface area contributed by atoms with Crippen molar-refractivity contribution in [2.75, 3.05) is 26.7 Å². The van der Waals surface area contributed by atoms with E-state index in [0.29, 0.717) is 23.7 Å². The Balaban J connectivity index is 1.90. The summed E-state index contributed by atoms with van der Waals surface area (Å²) in [6.07, 6.45) is -0.146. The number of ether oxygens (including phenoxy) is 1. The molecule has 1 saturated heterocycles. The van der Waals surface area contributed by atoms with E-state index in [1.54, 1.807) is 13.2 Å². The number of nitrogens with zero attached hydrogens (tertiary/aromatic N) is 2. The Morgan fingerprint density at radius 3 is 3.04 bits per heavy atom. The number of methoxy groups -OCH3 is 1. The van der Waals surface area contributed by atoms with Gasteiger partial charge in [-0.1, -0.05) is 12.1 Å². The summed E-state index contributed by atoms with van der Waals surface area (Å²) in [5, 5.41) is 4.08. The third kappa shape index (κ3) is 3.73. The predicted molar refractivity (Wildman–Crippen MR) is 95.3 cm³/mol. The van der Waals surface area contributed by atoms with Crippen molar-refractivity contribution in [2.24, 2.45) is 0 Å². The number of benzene rings is 1. The van der Waals surface area contributed by atoms with Gasteiger partial charge in [-0.25, -0.2) is 9.37 Å². The Morgan fingerprint density at radius 2 is 2.32 bits per heavy atom. The first-order valence-corrected chi connectivity index (χ1v) is 9.10. The maximum absolute atomic E-state index is 13.6. The smallest absolute Gasteiger partial charge is 0.266 e. The van der Waals surface area contributed by atoms with E-state index in [2.05, 4.69) is 10.3 Å². The fraction of sp³-hybridized carbons (Fsp3) is 0.444. The van der Waals surface area contributed by atoms with Gasteiger partial charge in [0.1, 0.15) is 21.8 Å². The molecule has 7 heteroatoms. The molecule has 1 aromatic heterocycles. The van der Waals surface area contributed by atoms with Gasteiger partial charge >= 0.3 is 0 Å². The number of carbonyl (C=O) groups excluding carboxylic acids is 1. The lowest BCUT2D eigenvalue weighted by atomic mass is 10.0. The number of carbonyl (C=O) groups is 1. The Labute approximate surface area is 150 Å². The third-order valence-electron chi connectivity index (χ3n) is 4.45. The molecule has 0 aliphatic carbocycles. The lowest BCUT2D eigenvalue weighted by molar-refractivity contribution is 0.0638. The molecule has 2 aromatic rings. The number of amides is 1. The molecule has 25 heavy (non-hydrogen) atoms.